The summed E-state index contributed by atoms with van der Waals surface area (Å²) in [4.78, 5) is 3.69. The maximum absolute atomic E-state index is 10.3. The van der Waals surface area contributed by atoms with E-state index in [9.17, 15) is 13.0 Å². The van der Waals surface area contributed by atoms with Gasteiger partial charge in [-0.2, -0.15) is 0 Å². The smallest absolute Gasteiger partial charge is 1.00 e. The van der Waals surface area contributed by atoms with Gasteiger partial charge in [-0.25, -0.2) is 8.42 Å². The molecule has 0 aromatic heterocycles. The SMILES string of the molecule is CN1[CH]N(CCCS(=O)(=O)[O-])C=C1.[Cl-].[Cl-].[HH].[Na+].[Pt+2]. The second-order valence-corrected chi connectivity index (χ2v) is 4.46. The number of nitrogens with zero attached hydrogens (tertiary/aromatic N) is 2. The van der Waals surface area contributed by atoms with Gasteiger partial charge in [-0.3, -0.25) is 0 Å². The Morgan fingerprint density at radius 2 is 1.82 bits per heavy atom. The quantitative estimate of drug-likeness (QED) is 0.287. The summed E-state index contributed by atoms with van der Waals surface area (Å²) in [5, 5.41) is 0. The molecule has 1 aliphatic rings. The van der Waals surface area contributed by atoms with Crippen LogP contribution in [0, 0.1) is 6.67 Å². The Labute approximate surface area is 153 Å². The van der Waals surface area contributed by atoms with E-state index in [1.807, 2.05) is 35.9 Å². The van der Waals surface area contributed by atoms with Crippen molar-refractivity contribution in [2.24, 2.45) is 0 Å². The zero-order chi connectivity index (χ0) is 9.90. The Balaban J connectivity index is -0.000000113. The molecule has 0 unspecified atom stereocenters. The monoisotopic (exact) mass is 494 g/mol. The summed E-state index contributed by atoms with van der Waals surface area (Å²) in [7, 11) is -2.18. The van der Waals surface area contributed by atoms with Crippen molar-refractivity contribution >= 4 is 10.1 Å². The minimum absolute atomic E-state index is 0. The summed E-state index contributed by atoms with van der Waals surface area (Å²) in [5.41, 5.74) is 0. The van der Waals surface area contributed by atoms with E-state index in [0.717, 1.165) is 0 Å². The van der Waals surface area contributed by atoms with E-state index in [1.165, 1.54) is 0 Å². The average molecular weight is 495 g/mol. The van der Waals surface area contributed by atoms with Crippen LogP contribution in [0.4, 0.5) is 0 Å². The van der Waals surface area contributed by atoms with Crippen LogP contribution in [0.5, 0.6) is 0 Å². The van der Waals surface area contributed by atoms with Gasteiger partial charge in [0.2, 0.25) is 0 Å². The van der Waals surface area contributed by atoms with Crippen molar-refractivity contribution < 1.29 is 89.8 Å². The van der Waals surface area contributed by atoms with Gasteiger partial charge in [-0.15, -0.1) is 0 Å². The van der Waals surface area contributed by atoms with Crippen molar-refractivity contribution in [3.05, 3.63) is 19.1 Å². The van der Waals surface area contributed by atoms with Crippen LogP contribution in [0.3, 0.4) is 0 Å². The third-order valence-corrected chi connectivity index (χ3v) is 2.42. The first-order valence-electron chi connectivity index (χ1n) is 3.92. The topological polar surface area (TPSA) is 63.7 Å². The molecule has 1 rings (SSSR count). The van der Waals surface area contributed by atoms with E-state index in [-0.39, 0.29) is 82.6 Å². The third-order valence-electron chi connectivity index (χ3n) is 1.63. The predicted octanol–water partition coefficient (Wildman–Crippen LogP) is -8.98. The first-order chi connectivity index (χ1) is 5.97. The summed E-state index contributed by atoms with van der Waals surface area (Å²) >= 11 is 0. The van der Waals surface area contributed by atoms with Crippen molar-refractivity contribution in [3.8, 4) is 0 Å². The van der Waals surface area contributed by atoms with Crippen LogP contribution in [0.15, 0.2) is 12.4 Å². The molecule has 0 N–H and O–H groups in total. The number of hydrogen-bond acceptors (Lipinski definition) is 5. The largest absolute Gasteiger partial charge is 2.00 e. The summed E-state index contributed by atoms with van der Waals surface area (Å²) in [6.45, 7) is 2.39. The van der Waals surface area contributed by atoms with Crippen LogP contribution in [-0.2, 0) is 31.2 Å². The average Bonchev–Trinajstić information content (AvgIpc) is 2.33. The Hall–Kier alpha value is 1.52. The maximum Gasteiger partial charge on any atom is 2.00 e. The molecule has 1 aliphatic heterocycles. The predicted molar refractivity (Wildman–Crippen MR) is 49.2 cm³/mol. The molecule has 0 bridgehead atoms. The van der Waals surface area contributed by atoms with Crippen molar-refractivity contribution in [1.29, 1.82) is 0 Å². The number of halogens is 2. The van der Waals surface area contributed by atoms with Crippen molar-refractivity contribution in [3.63, 3.8) is 0 Å². The van der Waals surface area contributed by atoms with Gasteiger partial charge in [0.05, 0.1) is 10.1 Å². The van der Waals surface area contributed by atoms with Gasteiger partial charge in [0.15, 0.2) is 0 Å². The van der Waals surface area contributed by atoms with E-state index in [2.05, 4.69) is 0 Å². The fraction of sp³-hybridized carbons (Fsp3) is 0.571. The van der Waals surface area contributed by atoms with E-state index in [4.69, 9.17) is 0 Å². The van der Waals surface area contributed by atoms with Crippen LogP contribution in [0.1, 0.15) is 7.85 Å². The van der Waals surface area contributed by atoms with Gasteiger partial charge >= 0.3 is 50.6 Å². The fourth-order valence-corrected chi connectivity index (χ4v) is 1.54. The van der Waals surface area contributed by atoms with E-state index < -0.39 is 10.1 Å². The van der Waals surface area contributed by atoms with Crippen molar-refractivity contribution in [2.75, 3.05) is 19.3 Å². The molecular formula is C7H14Cl2N2NaO3PtS. The summed E-state index contributed by atoms with van der Waals surface area (Å²) in [5.74, 6) is -0.297. The molecule has 0 saturated carbocycles. The molecule has 0 aromatic carbocycles. The first kappa shape index (κ1) is 27.0. The van der Waals surface area contributed by atoms with Gasteiger partial charge in [0.1, 0.15) is 6.67 Å². The molecule has 1 radical (unpaired) electrons. The van der Waals surface area contributed by atoms with E-state index >= 15 is 0 Å². The van der Waals surface area contributed by atoms with Gasteiger partial charge in [0, 0.05) is 33.2 Å². The van der Waals surface area contributed by atoms with Crippen LogP contribution in [0.2, 0.25) is 0 Å². The normalized spacial score (nSPS) is 13.1. The Kier molecular flexibility index (Phi) is 19.9. The zero-order valence-corrected chi connectivity index (χ0v) is 16.1. The molecule has 10 heteroatoms. The van der Waals surface area contributed by atoms with E-state index in [0.29, 0.717) is 13.0 Å². The molecule has 0 fully saturated rings. The standard InChI is InChI=1S/C7H13N2O3S.2ClH.Na.Pt.H2/c1-8-4-5-9(7-8)3-2-6-13(10,11)12;;;;;/h4-5,7H,2-3,6H2,1H3,(H,10,11,12);2*1H;;;1H/q;;;+1;+2;/p-3. The molecule has 101 valence electrons. The molecule has 0 saturated heterocycles. The fourth-order valence-electron chi connectivity index (χ4n) is 1.06. The van der Waals surface area contributed by atoms with E-state index in [1.54, 1.807) is 0 Å². The van der Waals surface area contributed by atoms with Crippen molar-refractivity contribution in [2.45, 2.75) is 6.42 Å². The molecule has 0 aromatic rings. The minimum atomic E-state index is -4.06. The zero-order valence-electron chi connectivity index (χ0n) is 9.45. The molecule has 0 amide bonds. The van der Waals surface area contributed by atoms with Crippen LogP contribution >= 0.6 is 0 Å². The van der Waals surface area contributed by atoms with Gasteiger partial charge in [0.25, 0.3) is 0 Å². The summed E-state index contributed by atoms with van der Waals surface area (Å²) < 4.78 is 30.8. The number of hydrogen-bond donors (Lipinski definition) is 0. The van der Waals surface area contributed by atoms with Crippen LogP contribution in [-0.4, -0.2) is 42.1 Å². The molecular weight excluding hydrogens is 481 g/mol. The van der Waals surface area contributed by atoms with Gasteiger partial charge in [-0.1, -0.05) is 0 Å². The second-order valence-electron chi connectivity index (χ2n) is 2.93. The van der Waals surface area contributed by atoms with Gasteiger partial charge in [-0.05, 0) is 6.42 Å². The third kappa shape index (κ3) is 13.7. The van der Waals surface area contributed by atoms with Crippen LogP contribution < -0.4 is 54.4 Å². The minimum Gasteiger partial charge on any atom is -1.00 e. The molecule has 0 aliphatic carbocycles. The molecule has 0 spiro atoms. The molecule has 17 heavy (non-hydrogen) atoms. The Morgan fingerprint density at radius 1 is 1.29 bits per heavy atom. The maximum atomic E-state index is 10.3. The molecule has 1 heterocycles. The summed E-state index contributed by atoms with van der Waals surface area (Å²) in [6, 6.07) is 0. The second kappa shape index (κ2) is 12.5. The van der Waals surface area contributed by atoms with Crippen molar-refractivity contribution in [1.82, 2.24) is 9.80 Å². The van der Waals surface area contributed by atoms with Gasteiger partial charge < -0.3 is 39.2 Å². The van der Waals surface area contributed by atoms with Crippen LogP contribution in [0.25, 0.3) is 0 Å². The molecule has 5 nitrogen and oxygen atoms in total. The number of rotatable bonds is 4. The first-order valence-corrected chi connectivity index (χ1v) is 5.50. The Morgan fingerprint density at radius 3 is 2.18 bits per heavy atom. The summed E-state index contributed by atoms with van der Waals surface area (Å²) in [6.07, 6.45) is 4.05. The Bertz CT molecular complexity index is 311. The molecule has 0 atom stereocenters.